The molecule has 2 unspecified atom stereocenters. The Morgan fingerprint density at radius 2 is 1.61 bits per heavy atom. The van der Waals surface area contributed by atoms with Crippen molar-refractivity contribution in [3.8, 4) is 0 Å². The van der Waals surface area contributed by atoms with E-state index >= 15 is 0 Å². The van der Waals surface area contributed by atoms with Crippen LogP contribution >= 0.6 is 0 Å². The van der Waals surface area contributed by atoms with Crippen molar-refractivity contribution in [1.29, 1.82) is 0 Å². The van der Waals surface area contributed by atoms with Crippen molar-refractivity contribution >= 4 is 0 Å². The fraction of sp³-hybridized carbons (Fsp3) is 1.00. The Kier molecular flexibility index (Phi) is 5.92. The molecular weight excluding hydrogens is 320 g/mol. The predicted octanol–water partition coefficient (Wildman–Crippen LogP) is -5.40. The topological polar surface area (TPSA) is 190 Å². The van der Waals surface area contributed by atoms with Crippen LogP contribution in [0, 0.1) is 0 Å². The van der Waals surface area contributed by atoms with E-state index in [0.29, 0.717) is 0 Å². The summed E-state index contributed by atoms with van der Waals surface area (Å²) in [6.07, 6.45) is -12.6. The molecule has 2 fully saturated rings. The molecule has 23 heavy (non-hydrogen) atoms. The fourth-order valence-electron chi connectivity index (χ4n) is 2.42. The minimum absolute atomic E-state index is 0.466. The van der Waals surface area contributed by atoms with E-state index in [1.807, 2.05) is 0 Å². The monoisotopic (exact) mass is 342 g/mol. The van der Waals surface area contributed by atoms with Crippen LogP contribution in [0.1, 0.15) is 0 Å². The van der Waals surface area contributed by atoms with Gasteiger partial charge >= 0.3 is 0 Å². The molecule has 2 heterocycles. The molecule has 11 nitrogen and oxygen atoms in total. The molecule has 0 amide bonds. The third-order valence-electron chi connectivity index (χ3n) is 3.99. The second-order valence-corrected chi connectivity index (χ2v) is 5.67. The molecule has 0 aromatic heterocycles. The Morgan fingerprint density at radius 3 is 2.22 bits per heavy atom. The zero-order valence-corrected chi connectivity index (χ0v) is 12.0. The highest BCUT2D eigenvalue weighted by Gasteiger charge is 2.50. The van der Waals surface area contributed by atoms with Crippen LogP contribution in [-0.4, -0.2) is 115 Å². The number of rotatable bonds is 4. The lowest BCUT2D eigenvalue weighted by Gasteiger charge is -2.44. The van der Waals surface area contributed by atoms with Gasteiger partial charge in [-0.1, -0.05) is 0 Å². The van der Waals surface area contributed by atoms with Crippen LogP contribution in [0.3, 0.4) is 0 Å². The van der Waals surface area contributed by atoms with Gasteiger partial charge in [0.15, 0.2) is 6.29 Å². The van der Waals surface area contributed by atoms with E-state index in [9.17, 15) is 35.7 Å². The normalized spacial score (nSPS) is 51.7. The maximum atomic E-state index is 10.1. The van der Waals surface area contributed by atoms with Crippen LogP contribution in [0.4, 0.5) is 0 Å². The highest BCUT2D eigenvalue weighted by molar-refractivity contribution is 4.93. The van der Waals surface area contributed by atoms with Gasteiger partial charge in [-0.3, -0.25) is 0 Å². The molecule has 0 bridgehead atoms. The Bertz CT molecular complexity index is 393. The van der Waals surface area contributed by atoms with Gasteiger partial charge in [0.05, 0.1) is 13.2 Å². The Labute approximate surface area is 130 Å². The van der Waals surface area contributed by atoms with Crippen LogP contribution in [0.25, 0.3) is 0 Å². The number of aliphatic hydroxyl groups is 8. The zero-order valence-electron chi connectivity index (χ0n) is 12.0. The first kappa shape index (κ1) is 18.9. The summed E-state index contributed by atoms with van der Waals surface area (Å²) in [6, 6.07) is 0. The molecule has 0 aromatic carbocycles. The fourth-order valence-corrected chi connectivity index (χ4v) is 2.42. The van der Waals surface area contributed by atoms with Crippen molar-refractivity contribution in [1.82, 2.24) is 0 Å². The Morgan fingerprint density at radius 1 is 0.957 bits per heavy atom. The van der Waals surface area contributed by atoms with E-state index < -0.39 is 74.6 Å². The Hall–Kier alpha value is -0.440. The van der Waals surface area contributed by atoms with E-state index in [1.54, 1.807) is 0 Å². The zero-order chi connectivity index (χ0) is 17.4. The van der Waals surface area contributed by atoms with E-state index in [4.69, 9.17) is 19.3 Å². The lowest BCUT2D eigenvalue weighted by molar-refractivity contribution is -0.364. The molecular formula is C12H22O11. The molecule has 0 saturated carbocycles. The second-order valence-electron chi connectivity index (χ2n) is 5.67. The molecule has 11 heteroatoms. The lowest BCUT2D eigenvalue weighted by atomic mass is 9.97. The summed E-state index contributed by atoms with van der Waals surface area (Å²) >= 11 is 0. The summed E-state index contributed by atoms with van der Waals surface area (Å²) in [6.45, 7) is -1.90. The van der Waals surface area contributed by atoms with Crippen LogP contribution in [-0.2, 0) is 14.2 Å². The standard InChI is InChI=1S/C12H22O11/c13-1-5-7(16)8(17)9(18)11(23-5)21-3-12(20)10(19)6(15)4(14)2-22-12/h4-11,13-20H,1-3H2/t4-,5-,6-,7-,8+,9-,10+,11?,12?/m1/s1. The van der Waals surface area contributed by atoms with Crippen molar-refractivity contribution in [2.24, 2.45) is 0 Å². The molecule has 136 valence electrons. The average molecular weight is 342 g/mol. The minimum atomic E-state index is -2.38. The van der Waals surface area contributed by atoms with Gasteiger partial charge in [-0.25, -0.2) is 0 Å². The van der Waals surface area contributed by atoms with Gasteiger partial charge in [0.1, 0.15) is 49.3 Å². The lowest BCUT2D eigenvalue weighted by Crippen LogP contribution is -2.64. The molecule has 2 aliphatic rings. The van der Waals surface area contributed by atoms with Gasteiger partial charge < -0.3 is 55.1 Å². The molecule has 0 aromatic rings. The quantitative estimate of drug-likeness (QED) is 0.243. The van der Waals surface area contributed by atoms with Crippen LogP contribution in [0.2, 0.25) is 0 Å². The highest BCUT2D eigenvalue weighted by Crippen LogP contribution is 2.27. The van der Waals surface area contributed by atoms with Gasteiger partial charge in [-0.2, -0.15) is 0 Å². The first-order valence-electron chi connectivity index (χ1n) is 7.04. The number of ether oxygens (including phenoxy) is 3. The summed E-state index contributed by atoms with van der Waals surface area (Å²) in [5.41, 5.74) is 0. The first-order valence-corrected chi connectivity index (χ1v) is 7.04. The van der Waals surface area contributed by atoms with E-state index in [1.165, 1.54) is 0 Å². The predicted molar refractivity (Wildman–Crippen MR) is 68.6 cm³/mol. The second kappa shape index (κ2) is 7.21. The third kappa shape index (κ3) is 3.65. The number of hydrogen-bond acceptors (Lipinski definition) is 11. The summed E-state index contributed by atoms with van der Waals surface area (Å²) in [7, 11) is 0. The summed E-state index contributed by atoms with van der Waals surface area (Å²) in [5.74, 6) is -2.38. The minimum Gasteiger partial charge on any atom is -0.394 e. The average Bonchev–Trinajstić information content (AvgIpc) is 2.54. The molecule has 8 N–H and O–H groups in total. The number of hydrogen-bond donors (Lipinski definition) is 8. The number of aliphatic hydroxyl groups excluding tert-OH is 7. The van der Waals surface area contributed by atoms with Crippen molar-refractivity contribution in [3.05, 3.63) is 0 Å². The highest BCUT2D eigenvalue weighted by atomic mass is 16.7. The van der Waals surface area contributed by atoms with E-state index in [-0.39, 0.29) is 0 Å². The molecule has 0 aliphatic carbocycles. The summed E-state index contributed by atoms with van der Waals surface area (Å²) in [5, 5.41) is 76.8. The van der Waals surface area contributed by atoms with E-state index in [2.05, 4.69) is 0 Å². The van der Waals surface area contributed by atoms with Crippen LogP contribution < -0.4 is 0 Å². The molecule has 0 spiro atoms. The smallest absolute Gasteiger partial charge is 0.219 e. The molecule has 2 rings (SSSR count). The molecule has 2 aliphatic heterocycles. The molecule has 9 atom stereocenters. The van der Waals surface area contributed by atoms with Crippen LogP contribution in [0.15, 0.2) is 0 Å². The first-order chi connectivity index (χ1) is 10.7. The largest absolute Gasteiger partial charge is 0.394 e. The van der Waals surface area contributed by atoms with Gasteiger partial charge in [0.25, 0.3) is 0 Å². The van der Waals surface area contributed by atoms with Crippen LogP contribution in [0.5, 0.6) is 0 Å². The Balaban J connectivity index is 1.99. The summed E-state index contributed by atoms with van der Waals surface area (Å²) < 4.78 is 15.0. The maximum Gasteiger partial charge on any atom is 0.219 e. The van der Waals surface area contributed by atoms with Gasteiger partial charge in [-0.15, -0.1) is 0 Å². The van der Waals surface area contributed by atoms with Crippen molar-refractivity contribution < 1.29 is 55.1 Å². The van der Waals surface area contributed by atoms with Gasteiger partial charge in [-0.05, 0) is 0 Å². The van der Waals surface area contributed by atoms with Crippen molar-refractivity contribution in [3.63, 3.8) is 0 Å². The van der Waals surface area contributed by atoms with Gasteiger partial charge in [0, 0.05) is 0 Å². The SMILES string of the molecule is OC[C@H]1OC(OCC2(O)OC[C@@H](O)[C@@H](O)[C@@H]2O)[C@H](O)[C@@H](O)[C@@H]1O. The van der Waals surface area contributed by atoms with Crippen molar-refractivity contribution in [2.75, 3.05) is 19.8 Å². The molecule has 2 saturated heterocycles. The van der Waals surface area contributed by atoms with Gasteiger partial charge in [0.2, 0.25) is 5.79 Å². The molecule has 0 radical (unpaired) electrons. The van der Waals surface area contributed by atoms with Crippen molar-refractivity contribution in [2.45, 2.75) is 54.8 Å². The summed E-state index contributed by atoms with van der Waals surface area (Å²) in [4.78, 5) is 0. The van der Waals surface area contributed by atoms with E-state index in [0.717, 1.165) is 0 Å². The third-order valence-corrected chi connectivity index (χ3v) is 3.99. The maximum absolute atomic E-state index is 10.1.